The van der Waals surface area contributed by atoms with Gasteiger partial charge in [0.2, 0.25) is 5.91 Å². The van der Waals surface area contributed by atoms with Gasteiger partial charge in [-0.1, -0.05) is 30.3 Å². The Morgan fingerprint density at radius 1 is 1.27 bits per heavy atom. The first kappa shape index (κ1) is 19.8. The number of fused-ring (bicyclic) bond motifs is 1. The molecular weight excluding hydrogens is 351 g/mol. The summed E-state index contributed by atoms with van der Waals surface area (Å²) in [6.07, 6.45) is 2.85. The molecule has 0 bridgehead atoms. The summed E-state index contributed by atoms with van der Waals surface area (Å²) >= 11 is 1.61. The van der Waals surface area contributed by atoms with E-state index in [2.05, 4.69) is 4.98 Å². The first-order valence-corrected chi connectivity index (χ1v) is 9.06. The third-order valence-electron chi connectivity index (χ3n) is 3.87. The zero-order valence-electron chi connectivity index (χ0n) is 14.7. The molecule has 0 atom stereocenters. The van der Waals surface area contributed by atoms with E-state index in [0.717, 1.165) is 21.4 Å². The van der Waals surface area contributed by atoms with E-state index in [1.54, 1.807) is 35.9 Å². The number of aromatic nitrogens is 1. The highest BCUT2D eigenvalue weighted by molar-refractivity contribution is 7.16. The highest BCUT2D eigenvalue weighted by atomic mass is 32.1. The number of carbonyl (C=O) groups is 1. The lowest BCUT2D eigenvalue weighted by molar-refractivity contribution is -0.129. The van der Waals surface area contributed by atoms with Crippen LogP contribution in [0.4, 0.5) is 4.39 Å². The molecule has 3 aromatic rings. The molecule has 0 saturated heterocycles. The number of hydroxylamine groups is 1. The van der Waals surface area contributed by atoms with E-state index >= 15 is 0 Å². The summed E-state index contributed by atoms with van der Waals surface area (Å²) in [6, 6.07) is 12.8. The van der Waals surface area contributed by atoms with Crippen LogP contribution in [-0.4, -0.2) is 16.1 Å². The third-order valence-corrected chi connectivity index (χ3v) is 4.68. The predicted octanol–water partition coefficient (Wildman–Crippen LogP) is 5.12. The summed E-state index contributed by atoms with van der Waals surface area (Å²) in [6.45, 7) is 3.69. The van der Waals surface area contributed by atoms with E-state index in [0.29, 0.717) is 12.0 Å². The van der Waals surface area contributed by atoms with Crippen LogP contribution in [0, 0.1) is 12.7 Å². The smallest absolute Gasteiger partial charge is 0.243 e. The number of thiazole rings is 1. The number of benzene rings is 2. The number of carbonyl (C=O) groups excluding carboxylic acids is 1. The molecule has 2 N–H and O–H groups in total. The van der Waals surface area contributed by atoms with E-state index in [-0.39, 0.29) is 18.1 Å². The Kier molecular flexibility index (Phi) is 7.44. The molecule has 1 aromatic heterocycles. The molecule has 0 unspecified atom stereocenters. The Morgan fingerprint density at radius 3 is 2.65 bits per heavy atom. The summed E-state index contributed by atoms with van der Waals surface area (Å²) in [5.74, 6) is -0.503. The second kappa shape index (κ2) is 9.79. The van der Waals surface area contributed by atoms with Gasteiger partial charge in [0.05, 0.1) is 15.7 Å². The monoisotopic (exact) mass is 372 g/mol. The Morgan fingerprint density at radius 2 is 2.04 bits per heavy atom. The van der Waals surface area contributed by atoms with Gasteiger partial charge in [-0.05, 0) is 55.2 Å². The standard InChI is InChI=1S/C13H14N2O2S.C7H7F/c1-2-9(4-6-13(16)15-17)10-3-5-12-11(7-10)14-8-18-12;1-6-4-2-3-5-7(6)8/h2-3,5,7-8,17H,4,6H2,1H3,(H,15,16);2-5H,1H3/b9-2+;. The minimum atomic E-state index is -0.371. The number of allylic oxidation sites excluding steroid dienone is 2. The van der Waals surface area contributed by atoms with E-state index in [1.165, 1.54) is 6.07 Å². The molecular formula is C20H21FN2O2S. The van der Waals surface area contributed by atoms with Crippen molar-refractivity contribution in [2.45, 2.75) is 26.7 Å². The average molecular weight is 372 g/mol. The van der Waals surface area contributed by atoms with Crippen LogP contribution in [-0.2, 0) is 4.79 Å². The van der Waals surface area contributed by atoms with Gasteiger partial charge < -0.3 is 0 Å². The predicted molar refractivity (Wildman–Crippen MR) is 104 cm³/mol. The van der Waals surface area contributed by atoms with Crippen molar-refractivity contribution < 1.29 is 14.4 Å². The summed E-state index contributed by atoms with van der Waals surface area (Å²) in [7, 11) is 0. The normalized spacial score (nSPS) is 11.0. The molecule has 0 saturated carbocycles. The fraction of sp³-hybridized carbons (Fsp3) is 0.200. The molecule has 1 amide bonds. The highest BCUT2D eigenvalue weighted by Crippen LogP contribution is 2.25. The second-order valence-corrected chi connectivity index (χ2v) is 6.52. The fourth-order valence-electron chi connectivity index (χ4n) is 2.37. The van der Waals surface area contributed by atoms with E-state index < -0.39 is 0 Å². The van der Waals surface area contributed by atoms with Gasteiger partial charge in [0.25, 0.3) is 0 Å². The largest absolute Gasteiger partial charge is 0.289 e. The van der Waals surface area contributed by atoms with Crippen LogP contribution in [0.3, 0.4) is 0 Å². The number of nitrogens with one attached hydrogen (secondary N) is 1. The molecule has 1 heterocycles. The van der Waals surface area contributed by atoms with Gasteiger partial charge in [-0.3, -0.25) is 10.0 Å². The van der Waals surface area contributed by atoms with Crippen LogP contribution in [0.25, 0.3) is 15.8 Å². The van der Waals surface area contributed by atoms with Gasteiger partial charge in [-0.25, -0.2) is 14.9 Å². The van der Waals surface area contributed by atoms with Gasteiger partial charge in [0, 0.05) is 6.42 Å². The Labute approximate surface area is 156 Å². The maximum absolute atomic E-state index is 12.3. The van der Waals surface area contributed by atoms with Crippen molar-refractivity contribution in [1.29, 1.82) is 0 Å². The van der Waals surface area contributed by atoms with Crippen molar-refractivity contribution >= 4 is 33.0 Å². The number of hydrogen-bond donors (Lipinski definition) is 2. The molecule has 0 spiro atoms. The maximum atomic E-state index is 12.3. The average Bonchev–Trinajstić information content (AvgIpc) is 3.13. The molecule has 0 aliphatic rings. The molecule has 2 aromatic carbocycles. The van der Waals surface area contributed by atoms with Crippen LogP contribution >= 0.6 is 11.3 Å². The molecule has 136 valence electrons. The van der Waals surface area contributed by atoms with E-state index in [9.17, 15) is 9.18 Å². The zero-order valence-corrected chi connectivity index (χ0v) is 15.5. The summed E-state index contributed by atoms with van der Waals surface area (Å²) in [5, 5.41) is 8.48. The Balaban J connectivity index is 0.000000254. The highest BCUT2D eigenvalue weighted by Gasteiger charge is 2.06. The van der Waals surface area contributed by atoms with Gasteiger partial charge >= 0.3 is 0 Å². The van der Waals surface area contributed by atoms with Crippen molar-refractivity contribution in [3.63, 3.8) is 0 Å². The molecule has 0 fully saturated rings. The fourth-order valence-corrected chi connectivity index (χ4v) is 3.03. The quantitative estimate of drug-likeness (QED) is 0.494. The van der Waals surface area contributed by atoms with Gasteiger partial charge in [-0.15, -0.1) is 11.3 Å². The lowest BCUT2D eigenvalue weighted by Crippen LogP contribution is -2.17. The lowest BCUT2D eigenvalue weighted by Gasteiger charge is -2.06. The summed E-state index contributed by atoms with van der Waals surface area (Å²) in [4.78, 5) is 15.3. The molecule has 0 aliphatic heterocycles. The molecule has 6 heteroatoms. The summed E-state index contributed by atoms with van der Waals surface area (Å²) < 4.78 is 13.5. The van der Waals surface area contributed by atoms with E-state index in [4.69, 9.17) is 5.21 Å². The van der Waals surface area contributed by atoms with Crippen molar-refractivity contribution in [3.05, 3.63) is 71.0 Å². The minimum Gasteiger partial charge on any atom is -0.289 e. The van der Waals surface area contributed by atoms with Crippen LogP contribution in [0.15, 0.2) is 54.1 Å². The first-order chi connectivity index (χ1) is 12.5. The first-order valence-electron chi connectivity index (χ1n) is 8.18. The Bertz CT molecular complexity index is 884. The van der Waals surface area contributed by atoms with Crippen LogP contribution < -0.4 is 5.48 Å². The van der Waals surface area contributed by atoms with Crippen molar-refractivity contribution in [3.8, 4) is 0 Å². The lowest BCUT2D eigenvalue weighted by atomic mass is 10.0. The van der Waals surface area contributed by atoms with E-state index in [1.807, 2.05) is 42.8 Å². The SMILES string of the molecule is C/C=C(\CCC(=O)NO)c1ccc2scnc2c1.Cc1ccccc1F. The molecule has 0 aliphatic carbocycles. The van der Waals surface area contributed by atoms with Crippen LogP contribution in [0.2, 0.25) is 0 Å². The molecule has 4 nitrogen and oxygen atoms in total. The Hall–Kier alpha value is -2.57. The molecule has 26 heavy (non-hydrogen) atoms. The maximum Gasteiger partial charge on any atom is 0.243 e. The van der Waals surface area contributed by atoms with Crippen LogP contribution in [0.5, 0.6) is 0 Å². The zero-order chi connectivity index (χ0) is 18.9. The van der Waals surface area contributed by atoms with Crippen LogP contribution in [0.1, 0.15) is 30.9 Å². The minimum absolute atomic E-state index is 0.132. The number of rotatable bonds is 4. The number of hydrogen-bond acceptors (Lipinski definition) is 4. The third kappa shape index (κ3) is 5.47. The molecule has 3 rings (SSSR count). The topological polar surface area (TPSA) is 62.2 Å². The van der Waals surface area contributed by atoms with Gasteiger partial charge in [0.1, 0.15) is 5.82 Å². The number of aryl methyl sites for hydroxylation is 1. The molecule has 0 radical (unpaired) electrons. The number of amides is 1. The van der Waals surface area contributed by atoms with Crippen molar-refractivity contribution in [2.24, 2.45) is 0 Å². The number of halogens is 1. The van der Waals surface area contributed by atoms with Gasteiger partial charge in [0.15, 0.2) is 0 Å². The van der Waals surface area contributed by atoms with Gasteiger partial charge in [-0.2, -0.15) is 0 Å². The van der Waals surface area contributed by atoms with Crippen molar-refractivity contribution in [1.82, 2.24) is 10.5 Å². The summed E-state index contributed by atoms with van der Waals surface area (Å²) in [5.41, 5.74) is 7.29. The van der Waals surface area contributed by atoms with Crippen molar-refractivity contribution in [2.75, 3.05) is 0 Å². The second-order valence-electron chi connectivity index (χ2n) is 5.63. The number of nitrogens with zero attached hydrogens (tertiary/aromatic N) is 1.